The fourth-order valence-electron chi connectivity index (χ4n) is 2.69. The minimum atomic E-state index is -0.0286. The number of thiazole rings is 1. The van der Waals surface area contributed by atoms with Crippen molar-refractivity contribution in [2.45, 2.75) is 13.5 Å². The first-order chi connectivity index (χ1) is 11.0. The molecular weight excluding hydrogens is 332 g/mol. The summed E-state index contributed by atoms with van der Waals surface area (Å²) in [5.41, 5.74) is 7.87. The maximum Gasteiger partial charge on any atom is 0.255 e. The number of halogens is 1. The van der Waals surface area contributed by atoms with Crippen molar-refractivity contribution in [2.75, 3.05) is 31.9 Å². The lowest BCUT2D eigenvalue weighted by atomic mass is 10.1. The van der Waals surface area contributed by atoms with Crippen LogP contribution in [-0.4, -0.2) is 46.9 Å². The minimum Gasteiger partial charge on any atom is -0.399 e. The first kappa shape index (κ1) is 16.2. The summed E-state index contributed by atoms with van der Waals surface area (Å²) in [6, 6.07) is 5.03. The van der Waals surface area contributed by atoms with E-state index in [-0.39, 0.29) is 5.91 Å². The zero-order chi connectivity index (χ0) is 16.4. The Morgan fingerprint density at radius 2 is 2.09 bits per heavy atom. The highest BCUT2D eigenvalue weighted by Crippen LogP contribution is 2.21. The van der Waals surface area contributed by atoms with Gasteiger partial charge in [-0.1, -0.05) is 11.6 Å². The number of hydrogen-bond donors (Lipinski definition) is 1. The lowest BCUT2D eigenvalue weighted by Crippen LogP contribution is -2.48. The molecule has 1 fully saturated rings. The molecule has 1 amide bonds. The van der Waals surface area contributed by atoms with Crippen LogP contribution in [0.25, 0.3) is 0 Å². The SMILES string of the molecule is Cc1nc(CN2CCN(C(=O)c3ccc(N)cc3Cl)CC2)cs1. The van der Waals surface area contributed by atoms with Gasteiger partial charge in [0.1, 0.15) is 0 Å². The van der Waals surface area contributed by atoms with E-state index in [9.17, 15) is 4.79 Å². The number of aromatic nitrogens is 1. The average Bonchev–Trinajstić information content (AvgIpc) is 2.92. The number of amides is 1. The van der Waals surface area contributed by atoms with Gasteiger partial charge in [-0.3, -0.25) is 9.69 Å². The average molecular weight is 351 g/mol. The molecule has 2 N–H and O–H groups in total. The normalized spacial score (nSPS) is 15.8. The van der Waals surface area contributed by atoms with Crippen LogP contribution in [0.1, 0.15) is 21.1 Å². The van der Waals surface area contributed by atoms with E-state index in [1.807, 2.05) is 11.8 Å². The predicted octanol–water partition coefficient (Wildman–Crippen LogP) is 2.65. The van der Waals surface area contributed by atoms with Crippen LogP contribution in [0.4, 0.5) is 5.69 Å². The Balaban J connectivity index is 1.59. The summed E-state index contributed by atoms with van der Waals surface area (Å²) >= 11 is 7.81. The van der Waals surface area contributed by atoms with Gasteiger partial charge in [-0.05, 0) is 25.1 Å². The number of piperazine rings is 1. The van der Waals surface area contributed by atoms with Crippen LogP contribution in [0.2, 0.25) is 5.02 Å². The molecule has 2 aromatic rings. The Morgan fingerprint density at radius 3 is 2.70 bits per heavy atom. The number of nitrogens with zero attached hydrogens (tertiary/aromatic N) is 3. The third-order valence-corrected chi connectivity index (χ3v) is 5.07. The Kier molecular flexibility index (Phi) is 4.84. The number of rotatable bonds is 3. The Labute approximate surface area is 144 Å². The highest BCUT2D eigenvalue weighted by atomic mass is 35.5. The van der Waals surface area contributed by atoms with Gasteiger partial charge in [0.05, 0.1) is 21.3 Å². The van der Waals surface area contributed by atoms with Gasteiger partial charge in [-0.2, -0.15) is 0 Å². The van der Waals surface area contributed by atoms with Crippen molar-refractivity contribution in [1.29, 1.82) is 0 Å². The lowest BCUT2D eigenvalue weighted by molar-refractivity contribution is 0.0627. The zero-order valence-corrected chi connectivity index (χ0v) is 14.5. The fourth-order valence-corrected chi connectivity index (χ4v) is 3.57. The first-order valence-electron chi connectivity index (χ1n) is 7.50. The number of carbonyl (C=O) groups is 1. The molecule has 1 aliphatic rings. The molecule has 2 heterocycles. The molecule has 0 bridgehead atoms. The van der Waals surface area contributed by atoms with Gasteiger partial charge in [-0.25, -0.2) is 4.98 Å². The molecule has 0 aliphatic carbocycles. The van der Waals surface area contributed by atoms with Crippen molar-refractivity contribution < 1.29 is 4.79 Å². The van der Waals surface area contributed by atoms with E-state index in [0.29, 0.717) is 29.4 Å². The van der Waals surface area contributed by atoms with Crippen molar-refractivity contribution in [3.05, 3.63) is 44.9 Å². The molecule has 1 aromatic heterocycles. The van der Waals surface area contributed by atoms with Gasteiger partial charge < -0.3 is 10.6 Å². The molecule has 1 saturated heterocycles. The molecule has 23 heavy (non-hydrogen) atoms. The van der Waals surface area contributed by atoms with E-state index in [1.165, 1.54) is 0 Å². The number of nitrogen functional groups attached to an aromatic ring is 1. The molecule has 0 saturated carbocycles. The molecule has 3 rings (SSSR count). The van der Waals surface area contributed by atoms with Gasteiger partial charge in [0.25, 0.3) is 5.91 Å². The van der Waals surface area contributed by atoms with Crippen molar-refractivity contribution in [3.8, 4) is 0 Å². The molecule has 0 unspecified atom stereocenters. The highest BCUT2D eigenvalue weighted by Gasteiger charge is 2.23. The number of carbonyl (C=O) groups excluding carboxylic acids is 1. The minimum absolute atomic E-state index is 0.0286. The van der Waals surface area contributed by atoms with Crippen LogP contribution >= 0.6 is 22.9 Å². The quantitative estimate of drug-likeness (QED) is 0.864. The van der Waals surface area contributed by atoms with Gasteiger partial charge in [0.2, 0.25) is 0 Å². The predicted molar refractivity (Wildman–Crippen MR) is 93.9 cm³/mol. The maximum absolute atomic E-state index is 12.6. The lowest BCUT2D eigenvalue weighted by Gasteiger charge is -2.34. The first-order valence-corrected chi connectivity index (χ1v) is 8.76. The van der Waals surface area contributed by atoms with E-state index in [2.05, 4.69) is 15.3 Å². The van der Waals surface area contributed by atoms with Crippen molar-refractivity contribution >= 4 is 34.5 Å². The molecule has 5 nitrogen and oxygen atoms in total. The molecule has 1 aliphatic heterocycles. The second-order valence-corrected chi connectivity index (χ2v) is 7.13. The Morgan fingerprint density at radius 1 is 1.35 bits per heavy atom. The van der Waals surface area contributed by atoms with Gasteiger partial charge in [0.15, 0.2) is 0 Å². The third-order valence-electron chi connectivity index (χ3n) is 3.94. The molecule has 1 aromatic carbocycles. The topological polar surface area (TPSA) is 62.5 Å². The zero-order valence-electron chi connectivity index (χ0n) is 13.0. The summed E-state index contributed by atoms with van der Waals surface area (Å²) in [7, 11) is 0. The second-order valence-electron chi connectivity index (χ2n) is 5.67. The molecule has 122 valence electrons. The second kappa shape index (κ2) is 6.86. The molecule has 0 radical (unpaired) electrons. The fraction of sp³-hybridized carbons (Fsp3) is 0.375. The van der Waals surface area contributed by atoms with E-state index in [0.717, 1.165) is 30.3 Å². The monoisotopic (exact) mass is 350 g/mol. The van der Waals surface area contributed by atoms with Crippen LogP contribution in [0, 0.1) is 6.92 Å². The number of hydrogen-bond acceptors (Lipinski definition) is 5. The summed E-state index contributed by atoms with van der Waals surface area (Å²) in [5.74, 6) is -0.0286. The van der Waals surface area contributed by atoms with Crippen LogP contribution < -0.4 is 5.73 Å². The summed E-state index contributed by atoms with van der Waals surface area (Å²) in [6.07, 6.45) is 0. The van der Waals surface area contributed by atoms with Crippen molar-refractivity contribution in [2.24, 2.45) is 0 Å². The highest BCUT2D eigenvalue weighted by molar-refractivity contribution is 7.09. The Hall–Kier alpha value is -1.63. The van der Waals surface area contributed by atoms with Crippen LogP contribution in [0.15, 0.2) is 23.6 Å². The van der Waals surface area contributed by atoms with Crippen LogP contribution in [-0.2, 0) is 6.54 Å². The van der Waals surface area contributed by atoms with E-state index in [1.54, 1.807) is 29.5 Å². The number of anilines is 1. The van der Waals surface area contributed by atoms with E-state index >= 15 is 0 Å². The molecule has 7 heteroatoms. The molecular formula is C16H19ClN4OS. The maximum atomic E-state index is 12.6. The number of nitrogens with two attached hydrogens (primary N) is 1. The largest absolute Gasteiger partial charge is 0.399 e. The summed E-state index contributed by atoms with van der Waals surface area (Å²) < 4.78 is 0. The molecule has 0 spiro atoms. The van der Waals surface area contributed by atoms with Gasteiger partial charge >= 0.3 is 0 Å². The Bertz CT molecular complexity index is 710. The summed E-state index contributed by atoms with van der Waals surface area (Å²) in [4.78, 5) is 21.2. The number of aryl methyl sites for hydroxylation is 1. The van der Waals surface area contributed by atoms with Crippen molar-refractivity contribution in [1.82, 2.24) is 14.8 Å². The smallest absolute Gasteiger partial charge is 0.255 e. The van der Waals surface area contributed by atoms with E-state index < -0.39 is 0 Å². The third kappa shape index (κ3) is 3.83. The van der Waals surface area contributed by atoms with Crippen LogP contribution in [0.3, 0.4) is 0 Å². The summed E-state index contributed by atoms with van der Waals surface area (Å²) in [5, 5.41) is 3.60. The standard InChI is InChI=1S/C16H19ClN4OS/c1-11-19-13(10-23-11)9-20-4-6-21(7-5-20)16(22)14-3-2-12(18)8-15(14)17/h2-3,8,10H,4-7,9,18H2,1H3. The van der Waals surface area contributed by atoms with Gasteiger partial charge in [-0.15, -0.1) is 11.3 Å². The molecule has 0 atom stereocenters. The number of benzene rings is 1. The van der Waals surface area contributed by atoms with Crippen LogP contribution in [0.5, 0.6) is 0 Å². The van der Waals surface area contributed by atoms with Crippen molar-refractivity contribution in [3.63, 3.8) is 0 Å². The van der Waals surface area contributed by atoms with Gasteiger partial charge in [0, 0.05) is 43.8 Å². The summed E-state index contributed by atoms with van der Waals surface area (Å²) in [6.45, 7) is 5.94. The van der Waals surface area contributed by atoms with E-state index in [4.69, 9.17) is 17.3 Å².